The van der Waals surface area contributed by atoms with Crippen LogP contribution in [0.3, 0.4) is 0 Å². The zero-order valence-corrected chi connectivity index (χ0v) is 9.18. The molecule has 1 aromatic heterocycles. The van der Waals surface area contributed by atoms with Crippen molar-refractivity contribution in [2.75, 3.05) is 5.32 Å². The summed E-state index contributed by atoms with van der Waals surface area (Å²) in [6.45, 7) is 0.384. The highest BCUT2D eigenvalue weighted by atomic mass is 19.1. The fourth-order valence-corrected chi connectivity index (χ4v) is 1.40. The fourth-order valence-electron chi connectivity index (χ4n) is 1.40. The van der Waals surface area contributed by atoms with E-state index >= 15 is 0 Å². The van der Waals surface area contributed by atoms with E-state index in [1.165, 1.54) is 12.1 Å². The van der Waals surface area contributed by atoms with Crippen LogP contribution in [-0.2, 0) is 13.6 Å². The molecular formula is C11H10FN5. The number of nitrogens with one attached hydrogen (secondary N) is 1. The third-order valence-corrected chi connectivity index (χ3v) is 2.12. The Kier molecular flexibility index (Phi) is 3.01. The quantitative estimate of drug-likeness (QED) is 0.867. The summed E-state index contributed by atoms with van der Waals surface area (Å²) in [5.41, 5.74) is 0.815. The van der Waals surface area contributed by atoms with Gasteiger partial charge in [0, 0.05) is 12.7 Å². The van der Waals surface area contributed by atoms with Gasteiger partial charge < -0.3 is 5.32 Å². The van der Waals surface area contributed by atoms with E-state index in [0.717, 1.165) is 0 Å². The summed E-state index contributed by atoms with van der Waals surface area (Å²) < 4.78 is 14.7. The Balaban J connectivity index is 2.09. The Hall–Kier alpha value is -2.42. The molecular weight excluding hydrogens is 221 g/mol. The number of hydrogen-bond acceptors (Lipinski definition) is 4. The largest absolute Gasteiger partial charge is 0.378 e. The molecule has 5 nitrogen and oxygen atoms in total. The molecule has 0 saturated heterocycles. The van der Waals surface area contributed by atoms with E-state index in [0.29, 0.717) is 18.1 Å². The zero-order valence-electron chi connectivity index (χ0n) is 9.18. The molecule has 6 heteroatoms. The number of anilines is 1. The summed E-state index contributed by atoms with van der Waals surface area (Å²) in [5, 5.41) is 15.7. The van der Waals surface area contributed by atoms with Gasteiger partial charge in [-0.2, -0.15) is 10.4 Å². The summed E-state index contributed by atoms with van der Waals surface area (Å²) in [5.74, 6) is 0.163. The third-order valence-electron chi connectivity index (χ3n) is 2.12. The lowest BCUT2D eigenvalue weighted by Crippen LogP contribution is -2.02. The predicted octanol–water partition coefficient (Wildman–Crippen LogP) is 1.44. The average molecular weight is 231 g/mol. The predicted molar refractivity (Wildman–Crippen MR) is 59.4 cm³/mol. The van der Waals surface area contributed by atoms with Crippen molar-refractivity contribution in [2.24, 2.45) is 7.05 Å². The molecule has 1 aromatic carbocycles. The van der Waals surface area contributed by atoms with E-state index in [9.17, 15) is 4.39 Å². The van der Waals surface area contributed by atoms with Gasteiger partial charge in [-0.15, -0.1) is 0 Å². The first-order valence-corrected chi connectivity index (χ1v) is 4.96. The number of nitrogens with zero attached hydrogens (tertiary/aromatic N) is 4. The summed E-state index contributed by atoms with van der Waals surface area (Å²) in [6, 6.07) is 5.98. The van der Waals surface area contributed by atoms with Gasteiger partial charge in [-0.3, -0.25) is 4.68 Å². The smallest absolute Gasteiger partial charge is 0.169 e. The van der Waals surface area contributed by atoms with Crippen LogP contribution in [0, 0.1) is 17.1 Å². The second-order valence-corrected chi connectivity index (χ2v) is 3.53. The average Bonchev–Trinajstić information content (AvgIpc) is 2.72. The van der Waals surface area contributed by atoms with Crippen LogP contribution in [0.15, 0.2) is 24.5 Å². The summed E-state index contributed by atoms with van der Waals surface area (Å²) in [7, 11) is 1.77. The molecule has 0 radical (unpaired) electrons. The monoisotopic (exact) mass is 231 g/mol. The van der Waals surface area contributed by atoms with Gasteiger partial charge in [0.05, 0.1) is 18.2 Å². The highest BCUT2D eigenvalue weighted by Crippen LogP contribution is 2.13. The van der Waals surface area contributed by atoms with Gasteiger partial charge in [0.1, 0.15) is 12.1 Å². The SMILES string of the molecule is Cn1cnc(CNc2cc(F)cc(C#N)c2)n1. The van der Waals surface area contributed by atoms with Crippen LogP contribution in [0.4, 0.5) is 10.1 Å². The van der Waals surface area contributed by atoms with Crippen LogP contribution in [0.1, 0.15) is 11.4 Å². The van der Waals surface area contributed by atoms with Crippen molar-refractivity contribution >= 4 is 5.69 Å². The van der Waals surface area contributed by atoms with Gasteiger partial charge in [0.25, 0.3) is 0 Å². The maximum atomic E-state index is 13.1. The van der Waals surface area contributed by atoms with Crippen molar-refractivity contribution in [3.8, 4) is 6.07 Å². The van der Waals surface area contributed by atoms with Gasteiger partial charge in [0.15, 0.2) is 5.82 Å². The molecule has 0 aliphatic heterocycles. The van der Waals surface area contributed by atoms with Gasteiger partial charge in [-0.25, -0.2) is 9.37 Å². The number of aromatic nitrogens is 3. The molecule has 0 unspecified atom stereocenters. The number of rotatable bonds is 3. The molecule has 0 spiro atoms. The van der Waals surface area contributed by atoms with Crippen LogP contribution >= 0.6 is 0 Å². The van der Waals surface area contributed by atoms with Gasteiger partial charge in [0.2, 0.25) is 0 Å². The van der Waals surface area contributed by atoms with Crippen LogP contribution in [0.2, 0.25) is 0 Å². The number of benzene rings is 1. The number of hydrogen-bond donors (Lipinski definition) is 1. The topological polar surface area (TPSA) is 66.5 Å². The second-order valence-electron chi connectivity index (χ2n) is 3.53. The molecule has 2 aromatic rings. The van der Waals surface area contributed by atoms with Crippen molar-refractivity contribution in [3.05, 3.63) is 41.7 Å². The Morgan fingerprint density at radius 3 is 2.94 bits per heavy atom. The van der Waals surface area contributed by atoms with Crippen molar-refractivity contribution in [1.82, 2.24) is 14.8 Å². The van der Waals surface area contributed by atoms with Crippen LogP contribution in [0.5, 0.6) is 0 Å². The van der Waals surface area contributed by atoms with Gasteiger partial charge in [-0.05, 0) is 18.2 Å². The third kappa shape index (κ3) is 2.78. The molecule has 17 heavy (non-hydrogen) atoms. The molecule has 0 aliphatic rings. The minimum absolute atomic E-state index is 0.279. The second kappa shape index (κ2) is 4.61. The first-order chi connectivity index (χ1) is 8.17. The molecule has 1 heterocycles. The van der Waals surface area contributed by atoms with E-state index < -0.39 is 5.82 Å². The van der Waals surface area contributed by atoms with Crippen molar-refractivity contribution in [1.29, 1.82) is 5.26 Å². The summed E-state index contributed by atoms with van der Waals surface area (Å²) >= 11 is 0. The lowest BCUT2D eigenvalue weighted by molar-refractivity contribution is 0.627. The first-order valence-electron chi connectivity index (χ1n) is 4.96. The molecule has 0 atom stereocenters. The summed E-state index contributed by atoms with van der Waals surface area (Å²) in [4.78, 5) is 4.03. The van der Waals surface area contributed by atoms with Crippen LogP contribution in [-0.4, -0.2) is 14.8 Å². The van der Waals surface area contributed by atoms with E-state index in [4.69, 9.17) is 5.26 Å². The van der Waals surface area contributed by atoms with Crippen molar-refractivity contribution < 1.29 is 4.39 Å². The van der Waals surface area contributed by atoms with E-state index in [1.54, 1.807) is 24.1 Å². The fraction of sp³-hybridized carbons (Fsp3) is 0.182. The maximum Gasteiger partial charge on any atom is 0.169 e. The Morgan fingerprint density at radius 1 is 1.47 bits per heavy atom. The molecule has 0 fully saturated rings. The highest BCUT2D eigenvalue weighted by Gasteiger charge is 2.02. The lowest BCUT2D eigenvalue weighted by Gasteiger charge is -2.04. The highest BCUT2D eigenvalue weighted by molar-refractivity contribution is 5.49. The molecule has 0 saturated carbocycles. The van der Waals surface area contributed by atoms with Crippen molar-refractivity contribution in [2.45, 2.75) is 6.54 Å². The number of aryl methyl sites for hydroxylation is 1. The molecule has 0 aliphatic carbocycles. The first kappa shape index (κ1) is 11.1. The Morgan fingerprint density at radius 2 is 2.29 bits per heavy atom. The minimum atomic E-state index is -0.444. The maximum absolute atomic E-state index is 13.1. The van der Waals surface area contributed by atoms with E-state index in [1.807, 2.05) is 6.07 Å². The number of halogens is 1. The van der Waals surface area contributed by atoms with Gasteiger partial charge in [-0.1, -0.05) is 0 Å². The Labute approximate surface area is 97.5 Å². The summed E-state index contributed by atoms with van der Waals surface area (Å²) in [6.07, 6.45) is 1.59. The molecule has 2 rings (SSSR count). The van der Waals surface area contributed by atoms with E-state index in [-0.39, 0.29) is 5.56 Å². The van der Waals surface area contributed by atoms with Crippen LogP contribution < -0.4 is 5.32 Å². The number of nitriles is 1. The lowest BCUT2D eigenvalue weighted by atomic mass is 10.2. The molecule has 0 amide bonds. The normalized spacial score (nSPS) is 9.94. The minimum Gasteiger partial charge on any atom is -0.378 e. The Bertz CT molecular complexity index is 569. The van der Waals surface area contributed by atoms with Crippen LogP contribution in [0.25, 0.3) is 0 Å². The molecule has 1 N–H and O–H groups in total. The zero-order chi connectivity index (χ0) is 12.3. The standard InChI is InChI=1S/C11H10FN5/c1-17-7-15-11(16-17)6-14-10-3-8(5-13)2-9(12)4-10/h2-4,7,14H,6H2,1H3. The van der Waals surface area contributed by atoms with Gasteiger partial charge >= 0.3 is 0 Å². The molecule has 86 valence electrons. The van der Waals surface area contributed by atoms with Crippen molar-refractivity contribution in [3.63, 3.8) is 0 Å². The molecule has 0 bridgehead atoms. The van der Waals surface area contributed by atoms with E-state index in [2.05, 4.69) is 15.4 Å².